The molecule has 5 nitrogen and oxygen atoms in total. The molecule has 0 saturated carbocycles. The van der Waals surface area contributed by atoms with Crippen LogP contribution in [0.3, 0.4) is 0 Å². The lowest BCUT2D eigenvalue weighted by Crippen LogP contribution is -2.12. The molecule has 69 heavy (non-hydrogen) atoms. The van der Waals surface area contributed by atoms with Crippen LogP contribution in [0, 0.1) is 45.9 Å². The summed E-state index contributed by atoms with van der Waals surface area (Å²) in [5, 5.41) is 17.0. The van der Waals surface area contributed by atoms with Gasteiger partial charge in [-0.1, -0.05) is 187 Å². The highest BCUT2D eigenvalue weighted by molar-refractivity contribution is 6.30. The molecular weight excluding hydrogens is 862 g/mol. The number of halogens is 1. The van der Waals surface area contributed by atoms with Gasteiger partial charge in [-0.25, -0.2) is 0 Å². The van der Waals surface area contributed by atoms with Gasteiger partial charge in [0.1, 0.15) is 0 Å². The average Bonchev–Trinajstić information content (AvgIpc) is 3.22. The molecular formula is C63H80ClN5. The molecule has 0 N–H and O–H groups in total. The third-order valence-corrected chi connectivity index (χ3v) is 12.2. The van der Waals surface area contributed by atoms with Gasteiger partial charge in [-0.3, -0.25) is 4.98 Å². The molecule has 0 amide bonds. The Morgan fingerprint density at radius 2 is 0.870 bits per heavy atom. The molecule has 0 saturated heterocycles. The number of aromatic nitrogens is 1. The van der Waals surface area contributed by atoms with Gasteiger partial charge in [0.2, 0.25) is 0 Å². The van der Waals surface area contributed by atoms with E-state index < -0.39 is 0 Å². The Morgan fingerprint density at radius 3 is 1.32 bits per heavy atom. The lowest BCUT2D eigenvalue weighted by molar-refractivity contribution is 0.586. The van der Waals surface area contributed by atoms with Crippen LogP contribution in [0.1, 0.15) is 165 Å². The summed E-state index contributed by atoms with van der Waals surface area (Å²) in [5.41, 5.74) is 24.9. The SMILES string of the molecule is Cc1cc(C#N)ccc1C(C)(C)C.Cc1cc(Cl)ccc1C(C)(C)C.Cc1cc(N=[N+]=[N-])ccc1C(C)(C)C.Cc1cc2ccccc2cc1C(C)(C)C.Cc1cc2ncccc2cc1C(C)(C)C. The molecule has 0 bridgehead atoms. The predicted molar refractivity (Wildman–Crippen MR) is 301 cm³/mol. The molecule has 6 heteroatoms. The van der Waals surface area contributed by atoms with Crippen LogP contribution < -0.4 is 0 Å². The second-order valence-corrected chi connectivity index (χ2v) is 23.9. The van der Waals surface area contributed by atoms with Gasteiger partial charge in [0.25, 0.3) is 0 Å². The maximum Gasteiger partial charge on any atom is 0.0991 e. The van der Waals surface area contributed by atoms with Gasteiger partial charge in [-0.2, -0.15) is 5.26 Å². The lowest BCUT2D eigenvalue weighted by Gasteiger charge is -2.22. The van der Waals surface area contributed by atoms with Crippen molar-refractivity contribution in [2.75, 3.05) is 0 Å². The third-order valence-electron chi connectivity index (χ3n) is 12.0. The predicted octanol–water partition coefficient (Wildman–Crippen LogP) is 19.6. The van der Waals surface area contributed by atoms with Gasteiger partial charge in [-0.15, -0.1) is 0 Å². The zero-order valence-electron chi connectivity index (χ0n) is 45.7. The van der Waals surface area contributed by atoms with Gasteiger partial charge in [0.15, 0.2) is 0 Å². The highest BCUT2D eigenvalue weighted by Crippen LogP contribution is 2.32. The van der Waals surface area contributed by atoms with Crippen LogP contribution in [-0.2, 0) is 27.1 Å². The van der Waals surface area contributed by atoms with Crippen LogP contribution in [0.15, 0.2) is 127 Å². The molecule has 7 rings (SSSR count). The number of nitrogens with zero attached hydrogens (tertiary/aromatic N) is 5. The lowest BCUT2D eigenvalue weighted by atomic mass is 9.83. The first-order valence-electron chi connectivity index (χ1n) is 24.1. The van der Waals surface area contributed by atoms with Gasteiger partial charge in [0, 0.05) is 27.2 Å². The summed E-state index contributed by atoms with van der Waals surface area (Å²) in [6.07, 6.45) is 1.85. The van der Waals surface area contributed by atoms with E-state index in [1.165, 1.54) is 71.8 Å². The Morgan fingerprint density at radius 1 is 0.464 bits per heavy atom. The Kier molecular flexibility index (Phi) is 19.6. The van der Waals surface area contributed by atoms with E-state index in [0.717, 1.165) is 16.1 Å². The van der Waals surface area contributed by atoms with Crippen molar-refractivity contribution < 1.29 is 0 Å². The first-order chi connectivity index (χ1) is 31.8. The molecule has 0 radical (unpaired) electrons. The first-order valence-corrected chi connectivity index (χ1v) is 24.5. The molecule has 364 valence electrons. The van der Waals surface area contributed by atoms with Crippen molar-refractivity contribution >= 4 is 39.0 Å². The standard InChI is InChI=1S/C15H18.C14H17N.C12H15N.C11H15Cl.C11H15N3/c1-11-9-12-7-5-6-8-13(12)10-14(11)15(2,3)4;1-10-8-13-11(6-5-7-15-13)9-12(10)14(2,3)4;1-9-7-10(8-13)5-6-11(9)12(2,3)4;1-8-7-9(12)5-6-10(8)11(2,3)4;1-8-7-9(13-14-12)5-6-10(8)11(2,3)4/h5-10H,1-4H3;5-9H,1-4H3;5-7H,1-4H3;5-7H,1-4H3;5-7H,1-4H3. The fourth-order valence-electron chi connectivity index (χ4n) is 8.84. The van der Waals surface area contributed by atoms with Crippen molar-refractivity contribution in [3.8, 4) is 6.07 Å². The summed E-state index contributed by atoms with van der Waals surface area (Å²) < 4.78 is 0. The summed E-state index contributed by atoms with van der Waals surface area (Å²) in [6.45, 7) is 43.8. The molecule has 0 aliphatic rings. The monoisotopic (exact) mass is 942 g/mol. The Balaban J connectivity index is 0.000000229. The van der Waals surface area contributed by atoms with E-state index in [0.29, 0.717) is 5.69 Å². The largest absolute Gasteiger partial charge is 0.256 e. The molecule has 0 fully saturated rings. The van der Waals surface area contributed by atoms with Crippen LogP contribution in [0.4, 0.5) is 5.69 Å². The number of pyridine rings is 1. The zero-order chi connectivity index (χ0) is 52.3. The Bertz CT molecular complexity index is 2830. The van der Waals surface area contributed by atoms with E-state index in [1.807, 2.05) is 67.7 Å². The topological polar surface area (TPSA) is 85.4 Å². The first kappa shape index (κ1) is 57.4. The molecule has 0 aliphatic heterocycles. The van der Waals surface area contributed by atoms with E-state index in [4.69, 9.17) is 22.4 Å². The fourth-order valence-corrected chi connectivity index (χ4v) is 9.07. The van der Waals surface area contributed by atoms with Crippen LogP contribution >= 0.6 is 11.6 Å². The number of azide groups is 1. The van der Waals surface area contributed by atoms with E-state index in [1.54, 1.807) is 0 Å². The fraction of sp³-hybridized carbons (Fsp3) is 0.397. The number of hydrogen-bond acceptors (Lipinski definition) is 3. The van der Waals surface area contributed by atoms with Gasteiger partial charge >= 0.3 is 0 Å². The summed E-state index contributed by atoms with van der Waals surface area (Å²) in [6, 6.07) is 41.6. The molecule has 0 unspecified atom stereocenters. The van der Waals surface area contributed by atoms with Crippen LogP contribution in [0.2, 0.25) is 5.02 Å². The minimum Gasteiger partial charge on any atom is -0.256 e. The Labute approximate surface area is 422 Å². The second kappa shape index (κ2) is 23.6. The number of fused-ring (bicyclic) bond motifs is 2. The summed E-state index contributed by atoms with van der Waals surface area (Å²) >= 11 is 5.87. The molecule has 0 spiro atoms. The van der Waals surface area contributed by atoms with Gasteiger partial charge < -0.3 is 0 Å². The summed E-state index contributed by atoms with van der Waals surface area (Å²) in [7, 11) is 0. The van der Waals surface area contributed by atoms with E-state index in [-0.39, 0.29) is 27.1 Å². The highest BCUT2D eigenvalue weighted by Gasteiger charge is 2.20. The van der Waals surface area contributed by atoms with Crippen molar-refractivity contribution in [2.45, 2.75) is 166 Å². The van der Waals surface area contributed by atoms with Crippen LogP contribution in [0.5, 0.6) is 0 Å². The van der Waals surface area contributed by atoms with Crippen LogP contribution in [0.25, 0.3) is 32.1 Å². The van der Waals surface area contributed by atoms with Crippen molar-refractivity contribution in [3.05, 3.63) is 198 Å². The maximum atomic E-state index is 8.71. The van der Waals surface area contributed by atoms with Crippen molar-refractivity contribution in [3.63, 3.8) is 0 Å². The number of aryl methyl sites for hydroxylation is 5. The van der Waals surface area contributed by atoms with Crippen LogP contribution in [-0.4, -0.2) is 4.98 Å². The number of rotatable bonds is 1. The van der Waals surface area contributed by atoms with E-state index >= 15 is 0 Å². The Hall–Kier alpha value is -5.92. The molecule has 7 aromatic rings. The van der Waals surface area contributed by atoms with E-state index in [9.17, 15) is 0 Å². The smallest absolute Gasteiger partial charge is 0.0991 e. The molecule has 1 aromatic heterocycles. The molecule has 6 aromatic carbocycles. The van der Waals surface area contributed by atoms with Crippen molar-refractivity contribution in [1.29, 1.82) is 5.26 Å². The maximum absolute atomic E-state index is 8.71. The normalized spacial score (nSPS) is 11.5. The van der Waals surface area contributed by atoms with Crippen molar-refractivity contribution in [2.24, 2.45) is 5.11 Å². The zero-order valence-corrected chi connectivity index (χ0v) is 46.4. The highest BCUT2D eigenvalue weighted by atomic mass is 35.5. The third kappa shape index (κ3) is 17.2. The molecule has 0 aliphatic carbocycles. The van der Waals surface area contributed by atoms with Gasteiger partial charge in [-0.05, 0) is 182 Å². The average molecular weight is 943 g/mol. The molecule has 1 heterocycles. The minimum atomic E-state index is 0.138. The number of nitriles is 1. The van der Waals surface area contributed by atoms with E-state index in [2.05, 4.69) is 213 Å². The summed E-state index contributed by atoms with van der Waals surface area (Å²) in [5.74, 6) is 0. The minimum absolute atomic E-state index is 0.138. The van der Waals surface area contributed by atoms with Crippen molar-refractivity contribution in [1.82, 2.24) is 4.98 Å². The second-order valence-electron chi connectivity index (χ2n) is 23.4. The van der Waals surface area contributed by atoms with Gasteiger partial charge in [0.05, 0.1) is 17.1 Å². The molecule has 0 atom stereocenters. The number of benzene rings is 6. The quantitative estimate of drug-likeness (QED) is 0.0933. The number of hydrogen-bond donors (Lipinski definition) is 0. The summed E-state index contributed by atoms with van der Waals surface area (Å²) in [4.78, 5) is 7.13.